The molecule has 1 fully saturated rings. The van der Waals surface area contributed by atoms with E-state index in [0.29, 0.717) is 12.8 Å². The number of benzene rings is 1. The van der Waals surface area contributed by atoms with Gasteiger partial charge in [0.2, 0.25) is 17.7 Å². The van der Waals surface area contributed by atoms with Crippen LogP contribution in [-0.2, 0) is 16.4 Å². The van der Waals surface area contributed by atoms with Gasteiger partial charge in [-0.2, -0.15) is 18.2 Å². The van der Waals surface area contributed by atoms with Crippen LogP contribution in [0.4, 0.5) is 19.1 Å². The third kappa shape index (κ3) is 2.44. The van der Waals surface area contributed by atoms with Gasteiger partial charge >= 0.3 is 6.18 Å². The number of hydrogen-bond donors (Lipinski definition) is 2. The highest BCUT2D eigenvalue weighted by Gasteiger charge is 2.46. The zero-order valence-electron chi connectivity index (χ0n) is 11.4. The lowest BCUT2D eigenvalue weighted by molar-refractivity contribution is -0.144. The Labute approximate surface area is 123 Å². The van der Waals surface area contributed by atoms with Crippen LogP contribution in [0.5, 0.6) is 0 Å². The van der Waals surface area contributed by atoms with E-state index in [1.807, 2.05) is 30.3 Å². The molecule has 0 saturated heterocycles. The van der Waals surface area contributed by atoms with Gasteiger partial charge in [0.1, 0.15) is 0 Å². The maximum Gasteiger partial charge on any atom is 0.451 e. The first kappa shape index (κ1) is 14.6. The molecule has 2 aromatic rings. The molecule has 0 bridgehead atoms. The molecule has 1 amide bonds. The maximum absolute atomic E-state index is 12.5. The number of H-pyrrole nitrogens is 1. The molecule has 1 heterocycles. The SMILES string of the molecule is O=C(Nc1n[nH]c(C(F)(F)F)n1)C1(c2ccccc2)CCC1. The standard InChI is InChI=1S/C14H13F3N4O/c15-14(16,17)10-18-12(21-20-10)19-11(22)13(7-4-8-13)9-5-2-1-3-6-9/h1-3,5-6H,4,7-8H2,(H2,18,19,20,21,22). The Kier molecular flexibility index (Phi) is 3.38. The van der Waals surface area contributed by atoms with E-state index in [1.165, 1.54) is 0 Å². The number of nitrogens with one attached hydrogen (secondary N) is 2. The van der Waals surface area contributed by atoms with E-state index in [0.717, 1.165) is 12.0 Å². The summed E-state index contributed by atoms with van der Waals surface area (Å²) in [5.74, 6) is -1.97. The van der Waals surface area contributed by atoms with Gasteiger partial charge in [0.05, 0.1) is 5.41 Å². The first-order valence-corrected chi connectivity index (χ1v) is 6.78. The summed E-state index contributed by atoms with van der Waals surface area (Å²) < 4.78 is 37.4. The molecule has 1 aliphatic carbocycles. The minimum Gasteiger partial charge on any atom is -0.292 e. The fourth-order valence-corrected chi connectivity index (χ4v) is 2.60. The summed E-state index contributed by atoms with van der Waals surface area (Å²) in [7, 11) is 0. The number of carbonyl (C=O) groups excluding carboxylic acids is 1. The van der Waals surface area contributed by atoms with Crippen molar-refractivity contribution < 1.29 is 18.0 Å². The summed E-state index contributed by atoms with van der Waals surface area (Å²) in [5, 5.41) is 7.56. The molecule has 1 aromatic heterocycles. The summed E-state index contributed by atoms with van der Waals surface area (Å²) in [5.41, 5.74) is 0.144. The van der Waals surface area contributed by atoms with Crippen molar-refractivity contribution in [3.05, 3.63) is 41.7 Å². The topological polar surface area (TPSA) is 70.7 Å². The van der Waals surface area contributed by atoms with Crippen LogP contribution in [0.2, 0.25) is 0 Å². The van der Waals surface area contributed by atoms with Gasteiger partial charge in [-0.15, -0.1) is 5.10 Å². The summed E-state index contributed by atoms with van der Waals surface area (Å²) in [6.07, 6.45) is -2.42. The van der Waals surface area contributed by atoms with E-state index in [4.69, 9.17) is 0 Å². The number of anilines is 1. The minimum atomic E-state index is -4.62. The third-order valence-corrected chi connectivity index (χ3v) is 3.95. The van der Waals surface area contributed by atoms with Crippen molar-refractivity contribution in [2.75, 3.05) is 5.32 Å². The van der Waals surface area contributed by atoms with Crippen molar-refractivity contribution >= 4 is 11.9 Å². The van der Waals surface area contributed by atoms with E-state index in [1.54, 1.807) is 5.10 Å². The Hall–Kier alpha value is -2.38. The smallest absolute Gasteiger partial charge is 0.292 e. The lowest BCUT2D eigenvalue weighted by atomic mass is 9.64. The number of alkyl halides is 3. The Morgan fingerprint density at radius 1 is 1.23 bits per heavy atom. The molecule has 3 rings (SSSR count). The van der Waals surface area contributed by atoms with E-state index in [9.17, 15) is 18.0 Å². The van der Waals surface area contributed by atoms with Crippen molar-refractivity contribution in [2.45, 2.75) is 30.9 Å². The van der Waals surface area contributed by atoms with Crippen molar-refractivity contribution in [3.8, 4) is 0 Å². The van der Waals surface area contributed by atoms with Gasteiger partial charge in [0.25, 0.3) is 0 Å². The van der Waals surface area contributed by atoms with Crippen LogP contribution in [0.25, 0.3) is 0 Å². The average molecular weight is 310 g/mol. The van der Waals surface area contributed by atoms with Gasteiger partial charge in [-0.25, -0.2) is 0 Å². The number of halogens is 3. The molecule has 116 valence electrons. The van der Waals surface area contributed by atoms with Gasteiger partial charge in [-0.1, -0.05) is 36.8 Å². The van der Waals surface area contributed by atoms with Crippen LogP contribution < -0.4 is 5.32 Å². The normalized spacial score (nSPS) is 16.9. The monoisotopic (exact) mass is 310 g/mol. The zero-order chi connectivity index (χ0) is 15.8. The number of rotatable bonds is 3. The highest BCUT2D eigenvalue weighted by Crippen LogP contribution is 2.44. The molecule has 2 N–H and O–H groups in total. The molecule has 0 radical (unpaired) electrons. The van der Waals surface area contributed by atoms with Crippen molar-refractivity contribution in [3.63, 3.8) is 0 Å². The summed E-state index contributed by atoms with van der Waals surface area (Å²) >= 11 is 0. The Bertz CT molecular complexity index is 677. The average Bonchev–Trinajstić information content (AvgIpc) is 2.87. The lowest BCUT2D eigenvalue weighted by Gasteiger charge is -2.40. The number of amides is 1. The zero-order valence-corrected chi connectivity index (χ0v) is 11.4. The largest absolute Gasteiger partial charge is 0.451 e. The molecule has 22 heavy (non-hydrogen) atoms. The summed E-state index contributed by atoms with van der Waals surface area (Å²) in [4.78, 5) is 15.8. The van der Waals surface area contributed by atoms with E-state index in [2.05, 4.69) is 15.4 Å². The van der Waals surface area contributed by atoms with Crippen LogP contribution in [0.1, 0.15) is 30.7 Å². The second-order valence-electron chi connectivity index (χ2n) is 5.26. The molecule has 0 spiro atoms. The van der Waals surface area contributed by atoms with Crippen molar-refractivity contribution in [1.29, 1.82) is 0 Å². The predicted octanol–water partition coefficient (Wildman–Crippen LogP) is 2.88. The van der Waals surface area contributed by atoms with Crippen LogP contribution >= 0.6 is 0 Å². The second-order valence-corrected chi connectivity index (χ2v) is 5.26. The van der Waals surface area contributed by atoms with Crippen molar-refractivity contribution in [1.82, 2.24) is 15.2 Å². The lowest BCUT2D eigenvalue weighted by Crippen LogP contribution is -2.46. The van der Waals surface area contributed by atoms with Crippen LogP contribution in [-0.4, -0.2) is 21.1 Å². The first-order valence-electron chi connectivity index (χ1n) is 6.78. The van der Waals surface area contributed by atoms with Crippen LogP contribution in [0.15, 0.2) is 30.3 Å². The number of aromatic amines is 1. The number of aromatic nitrogens is 3. The highest BCUT2D eigenvalue weighted by molar-refractivity contribution is 5.98. The number of carbonyl (C=O) groups is 1. The third-order valence-electron chi connectivity index (χ3n) is 3.95. The Balaban J connectivity index is 1.80. The number of hydrogen-bond acceptors (Lipinski definition) is 3. The molecular weight excluding hydrogens is 297 g/mol. The molecule has 0 aliphatic heterocycles. The van der Waals surface area contributed by atoms with E-state index < -0.39 is 17.4 Å². The molecule has 5 nitrogen and oxygen atoms in total. The van der Waals surface area contributed by atoms with Gasteiger partial charge in [0, 0.05) is 0 Å². The van der Waals surface area contributed by atoms with E-state index in [-0.39, 0.29) is 11.9 Å². The fraction of sp³-hybridized carbons (Fsp3) is 0.357. The summed E-state index contributed by atoms with van der Waals surface area (Å²) in [6, 6.07) is 9.20. The predicted molar refractivity (Wildman–Crippen MR) is 72.0 cm³/mol. The van der Waals surface area contributed by atoms with E-state index >= 15 is 0 Å². The minimum absolute atomic E-state index is 0.362. The molecule has 0 unspecified atom stereocenters. The Morgan fingerprint density at radius 3 is 2.41 bits per heavy atom. The van der Waals surface area contributed by atoms with Gasteiger partial charge in [0.15, 0.2) is 0 Å². The van der Waals surface area contributed by atoms with Crippen molar-refractivity contribution in [2.24, 2.45) is 0 Å². The fourth-order valence-electron chi connectivity index (χ4n) is 2.60. The molecule has 1 aliphatic rings. The van der Waals surface area contributed by atoms with Crippen LogP contribution in [0.3, 0.4) is 0 Å². The molecule has 1 aromatic carbocycles. The van der Waals surface area contributed by atoms with Gasteiger partial charge < -0.3 is 0 Å². The molecular formula is C14H13F3N4O. The van der Waals surface area contributed by atoms with Gasteiger partial charge in [-0.05, 0) is 18.4 Å². The van der Waals surface area contributed by atoms with Gasteiger partial charge in [-0.3, -0.25) is 15.2 Å². The first-order chi connectivity index (χ1) is 10.4. The molecule has 1 saturated carbocycles. The quantitative estimate of drug-likeness (QED) is 0.915. The Morgan fingerprint density at radius 2 is 1.91 bits per heavy atom. The maximum atomic E-state index is 12.5. The highest BCUT2D eigenvalue weighted by atomic mass is 19.4. The number of nitrogens with zero attached hydrogens (tertiary/aromatic N) is 2. The van der Waals surface area contributed by atoms with Crippen LogP contribution in [0, 0.1) is 0 Å². The molecule has 8 heteroatoms. The molecule has 0 atom stereocenters. The second kappa shape index (κ2) is 5.11. The summed E-state index contributed by atoms with van der Waals surface area (Å²) in [6.45, 7) is 0.